The summed E-state index contributed by atoms with van der Waals surface area (Å²) in [5.41, 5.74) is 4.88. The van der Waals surface area contributed by atoms with Gasteiger partial charge in [-0.1, -0.05) is 0 Å². The first kappa shape index (κ1) is 13.0. The fraction of sp³-hybridized carbons (Fsp3) is 0.500. The molecule has 1 fully saturated rings. The zero-order chi connectivity index (χ0) is 13.3. The van der Waals surface area contributed by atoms with Gasteiger partial charge in [-0.3, -0.25) is 0 Å². The first-order valence-corrected chi connectivity index (χ1v) is 5.71. The Hall–Kier alpha value is -1.43. The number of benzene rings is 1. The predicted molar refractivity (Wildman–Crippen MR) is 63.5 cm³/mol. The average molecular weight is 260 g/mol. The lowest BCUT2D eigenvalue weighted by molar-refractivity contribution is -0.136. The number of morpholine rings is 1. The van der Waals surface area contributed by atoms with Crippen LogP contribution in [0.3, 0.4) is 0 Å². The van der Waals surface area contributed by atoms with Gasteiger partial charge in [-0.25, -0.2) is 0 Å². The minimum Gasteiger partial charge on any atom is -0.398 e. The maximum Gasteiger partial charge on any atom is 0.418 e. The summed E-state index contributed by atoms with van der Waals surface area (Å²) in [5.74, 6) is 0. The average Bonchev–Trinajstić information content (AvgIpc) is 2.28. The molecule has 18 heavy (non-hydrogen) atoms. The number of nitrogens with two attached hydrogens (primary N) is 1. The molecule has 1 atom stereocenters. The van der Waals surface area contributed by atoms with Gasteiger partial charge in [0.25, 0.3) is 0 Å². The zero-order valence-corrected chi connectivity index (χ0v) is 10.00. The van der Waals surface area contributed by atoms with Gasteiger partial charge >= 0.3 is 6.18 Å². The first-order chi connectivity index (χ1) is 8.38. The molecular weight excluding hydrogens is 245 g/mol. The number of halogens is 3. The molecule has 1 unspecified atom stereocenters. The van der Waals surface area contributed by atoms with Gasteiger partial charge in [-0.2, -0.15) is 13.2 Å². The van der Waals surface area contributed by atoms with Gasteiger partial charge in [0.15, 0.2) is 0 Å². The van der Waals surface area contributed by atoms with E-state index in [1.165, 1.54) is 6.07 Å². The normalized spacial score (nSPS) is 21.1. The fourth-order valence-electron chi connectivity index (χ4n) is 2.04. The number of nitrogens with zero attached hydrogens (tertiary/aromatic N) is 1. The topological polar surface area (TPSA) is 38.5 Å². The van der Waals surface area contributed by atoms with Crippen molar-refractivity contribution in [2.45, 2.75) is 19.2 Å². The number of alkyl halides is 3. The van der Waals surface area contributed by atoms with Gasteiger partial charge in [0, 0.05) is 24.5 Å². The molecule has 1 aliphatic heterocycles. The Morgan fingerprint density at radius 1 is 1.39 bits per heavy atom. The molecule has 1 saturated heterocycles. The van der Waals surface area contributed by atoms with Crippen molar-refractivity contribution in [1.82, 2.24) is 0 Å². The Kier molecular flexibility index (Phi) is 3.38. The first-order valence-electron chi connectivity index (χ1n) is 5.71. The molecule has 1 aliphatic rings. The van der Waals surface area contributed by atoms with Crippen LogP contribution in [-0.4, -0.2) is 25.8 Å². The molecule has 0 radical (unpaired) electrons. The van der Waals surface area contributed by atoms with Crippen LogP contribution in [-0.2, 0) is 10.9 Å². The molecule has 0 bridgehead atoms. The largest absolute Gasteiger partial charge is 0.418 e. The highest BCUT2D eigenvalue weighted by molar-refractivity contribution is 5.59. The SMILES string of the molecule is CC1CN(c2ccc(N)c(C(F)(F)F)c2)CCO1. The summed E-state index contributed by atoms with van der Waals surface area (Å²) in [6.07, 6.45) is -4.40. The minimum absolute atomic E-state index is 0.0191. The maximum absolute atomic E-state index is 12.7. The van der Waals surface area contributed by atoms with Crippen molar-refractivity contribution in [3.05, 3.63) is 23.8 Å². The highest BCUT2D eigenvalue weighted by atomic mass is 19.4. The summed E-state index contributed by atoms with van der Waals surface area (Å²) >= 11 is 0. The standard InChI is InChI=1S/C12H15F3N2O/c1-8-7-17(4-5-18-8)9-2-3-11(16)10(6-9)12(13,14)15/h2-3,6,8H,4-5,7,16H2,1H3. The van der Waals surface area contributed by atoms with E-state index in [1.807, 2.05) is 11.8 Å². The van der Waals surface area contributed by atoms with Crippen LogP contribution in [0.4, 0.5) is 24.5 Å². The summed E-state index contributed by atoms with van der Waals surface area (Å²) in [6, 6.07) is 4.02. The second-order valence-corrected chi connectivity index (χ2v) is 4.40. The van der Waals surface area contributed by atoms with Crippen molar-refractivity contribution in [2.24, 2.45) is 0 Å². The van der Waals surface area contributed by atoms with Gasteiger partial charge < -0.3 is 15.4 Å². The van der Waals surface area contributed by atoms with Crippen molar-refractivity contribution < 1.29 is 17.9 Å². The number of nitrogen functional groups attached to an aromatic ring is 1. The van der Waals surface area contributed by atoms with E-state index in [9.17, 15) is 13.2 Å². The van der Waals surface area contributed by atoms with E-state index in [2.05, 4.69) is 0 Å². The molecule has 1 heterocycles. The third-order valence-electron chi connectivity index (χ3n) is 2.95. The Morgan fingerprint density at radius 2 is 2.11 bits per heavy atom. The molecule has 0 aliphatic carbocycles. The molecular formula is C12H15F3N2O. The van der Waals surface area contributed by atoms with Crippen LogP contribution in [0.15, 0.2) is 18.2 Å². The summed E-state index contributed by atoms with van der Waals surface area (Å²) in [5, 5.41) is 0. The number of hydrogen-bond acceptors (Lipinski definition) is 3. The van der Waals surface area contributed by atoms with Gasteiger partial charge in [0.1, 0.15) is 0 Å². The Labute approximate surface area is 103 Å². The van der Waals surface area contributed by atoms with E-state index >= 15 is 0 Å². The van der Waals surface area contributed by atoms with Crippen LogP contribution >= 0.6 is 0 Å². The lowest BCUT2D eigenvalue weighted by Gasteiger charge is -2.33. The second-order valence-electron chi connectivity index (χ2n) is 4.40. The van der Waals surface area contributed by atoms with Gasteiger partial charge in [-0.05, 0) is 25.1 Å². The quantitative estimate of drug-likeness (QED) is 0.788. The highest BCUT2D eigenvalue weighted by Crippen LogP contribution is 2.36. The molecule has 100 valence electrons. The van der Waals surface area contributed by atoms with Crippen molar-refractivity contribution in [3.8, 4) is 0 Å². The summed E-state index contributed by atoms with van der Waals surface area (Å²) in [4.78, 5) is 1.88. The van der Waals surface area contributed by atoms with Crippen LogP contribution < -0.4 is 10.6 Å². The Morgan fingerprint density at radius 3 is 2.72 bits per heavy atom. The Balaban J connectivity index is 2.29. The van der Waals surface area contributed by atoms with Crippen LogP contribution in [0.5, 0.6) is 0 Å². The molecule has 2 rings (SSSR count). The maximum atomic E-state index is 12.7. The zero-order valence-electron chi connectivity index (χ0n) is 10.00. The second kappa shape index (κ2) is 4.68. The molecule has 1 aromatic rings. The van der Waals surface area contributed by atoms with E-state index in [0.29, 0.717) is 25.4 Å². The van der Waals surface area contributed by atoms with Crippen LogP contribution in [0.2, 0.25) is 0 Å². The van der Waals surface area contributed by atoms with Crippen LogP contribution in [0.1, 0.15) is 12.5 Å². The number of rotatable bonds is 1. The molecule has 1 aromatic carbocycles. The predicted octanol–water partition coefficient (Wildman–Crippen LogP) is 2.51. The van der Waals surface area contributed by atoms with E-state index < -0.39 is 11.7 Å². The lowest BCUT2D eigenvalue weighted by Crippen LogP contribution is -2.41. The van der Waals surface area contributed by atoms with Gasteiger partial charge in [-0.15, -0.1) is 0 Å². The van der Waals surface area contributed by atoms with Crippen LogP contribution in [0.25, 0.3) is 0 Å². The van der Waals surface area contributed by atoms with E-state index in [1.54, 1.807) is 6.07 Å². The minimum atomic E-state index is -4.42. The monoisotopic (exact) mass is 260 g/mol. The molecule has 6 heteroatoms. The Bertz CT molecular complexity index is 434. The van der Waals surface area contributed by atoms with Crippen LogP contribution in [0, 0.1) is 0 Å². The van der Waals surface area contributed by atoms with Crippen molar-refractivity contribution in [2.75, 3.05) is 30.3 Å². The third-order valence-corrected chi connectivity index (χ3v) is 2.95. The number of hydrogen-bond donors (Lipinski definition) is 1. The molecule has 0 amide bonds. The lowest BCUT2D eigenvalue weighted by atomic mass is 10.1. The fourth-order valence-corrected chi connectivity index (χ4v) is 2.04. The van der Waals surface area contributed by atoms with Crippen molar-refractivity contribution >= 4 is 11.4 Å². The smallest absolute Gasteiger partial charge is 0.398 e. The molecule has 0 spiro atoms. The highest BCUT2D eigenvalue weighted by Gasteiger charge is 2.33. The molecule has 3 nitrogen and oxygen atoms in total. The number of anilines is 2. The van der Waals surface area contributed by atoms with E-state index in [-0.39, 0.29) is 11.8 Å². The van der Waals surface area contributed by atoms with Crippen molar-refractivity contribution in [1.29, 1.82) is 0 Å². The summed E-state index contributed by atoms with van der Waals surface area (Å²) < 4.78 is 43.6. The van der Waals surface area contributed by atoms with E-state index in [4.69, 9.17) is 10.5 Å². The van der Waals surface area contributed by atoms with Crippen molar-refractivity contribution in [3.63, 3.8) is 0 Å². The molecule has 2 N–H and O–H groups in total. The number of ether oxygens (including phenoxy) is 1. The molecule has 0 saturated carbocycles. The third kappa shape index (κ3) is 2.69. The van der Waals surface area contributed by atoms with Gasteiger partial charge in [0.2, 0.25) is 0 Å². The molecule has 0 aromatic heterocycles. The van der Waals surface area contributed by atoms with Gasteiger partial charge in [0.05, 0.1) is 18.3 Å². The summed E-state index contributed by atoms with van der Waals surface area (Å²) in [7, 11) is 0. The van der Waals surface area contributed by atoms with E-state index in [0.717, 1.165) is 6.07 Å². The summed E-state index contributed by atoms with van der Waals surface area (Å²) in [6.45, 7) is 3.59.